The second-order valence-electron chi connectivity index (χ2n) is 12.5. The molecule has 0 spiro atoms. The summed E-state index contributed by atoms with van der Waals surface area (Å²) in [6.07, 6.45) is 0.657. The minimum atomic E-state index is -4.68. The van der Waals surface area contributed by atoms with Gasteiger partial charge in [0.05, 0.1) is 22.9 Å². The maximum atomic E-state index is 14.7. The van der Waals surface area contributed by atoms with Gasteiger partial charge < -0.3 is 15.4 Å². The number of carbonyl (C=O) groups excluding carboxylic acids is 2. The van der Waals surface area contributed by atoms with Crippen LogP contribution in [-0.2, 0) is 15.1 Å². The van der Waals surface area contributed by atoms with Crippen LogP contribution in [0, 0.1) is 23.2 Å². The molecule has 0 radical (unpaired) electrons. The first-order chi connectivity index (χ1) is 24.3. The number of halogens is 6. The van der Waals surface area contributed by atoms with Gasteiger partial charge in [0.25, 0.3) is 5.91 Å². The molecule has 51 heavy (non-hydrogen) atoms. The second kappa shape index (κ2) is 12.7. The quantitative estimate of drug-likeness (QED) is 0.137. The molecule has 0 bridgehead atoms. The summed E-state index contributed by atoms with van der Waals surface area (Å²) in [5, 5.41) is 22.0. The van der Waals surface area contributed by atoms with E-state index in [0.717, 1.165) is 17.7 Å². The third-order valence-electron chi connectivity index (χ3n) is 9.00. The van der Waals surface area contributed by atoms with Crippen LogP contribution < -0.4 is 10.6 Å². The van der Waals surface area contributed by atoms with Gasteiger partial charge in [-0.15, -0.1) is 0 Å². The number of ether oxygens (including phenoxy) is 1. The van der Waals surface area contributed by atoms with Crippen molar-refractivity contribution in [2.24, 2.45) is 5.92 Å². The highest BCUT2D eigenvalue weighted by atomic mass is 35.5. The summed E-state index contributed by atoms with van der Waals surface area (Å²) < 4.78 is 74.4. The van der Waals surface area contributed by atoms with Gasteiger partial charge in [0.2, 0.25) is 11.5 Å². The Labute approximate surface area is 292 Å². The molecule has 4 aromatic rings. The van der Waals surface area contributed by atoms with Crippen molar-refractivity contribution in [3.8, 4) is 28.7 Å². The Bertz CT molecular complexity index is 2050. The first-order valence-electron chi connectivity index (χ1n) is 15.8. The zero-order chi connectivity index (χ0) is 36.1. The van der Waals surface area contributed by atoms with E-state index in [1.54, 1.807) is 48.7 Å². The maximum absolute atomic E-state index is 14.7. The number of nitrogens with one attached hydrogen (secondary N) is 3. The highest BCUT2D eigenvalue weighted by Crippen LogP contribution is 2.49. The Morgan fingerprint density at radius 3 is 2.49 bits per heavy atom. The Kier molecular flexibility index (Phi) is 8.49. The fraction of sp³-hybridized carbons (Fsp3) is 0.324. The summed E-state index contributed by atoms with van der Waals surface area (Å²) in [7, 11) is 0. The van der Waals surface area contributed by atoms with Gasteiger partial charge in [-0.1, -0.05) is 53.8 Å². The fourth-order valence-electron chi connectivity index (χ4n) is 5.80. The highest BCUT2D eigenvalue weighted by molar-refractivity contribution is 6.32. The zero-order valence-corrected chi connectivity index (χ0v) is 27.2. The molecule has 2 aliphatic carbocycles. The summed E-state index contributed by atoms with van der Waals surface area (Å²) in [5.41, 5.74) is -2.19. The second-order valence-corrected chi connectivity index (χ2v) is 12.9. The van der Waals surface area contributed by atoms with E-state index in [1.165, 1.54) is 29.3 Å². The number of hydrogen-bond donors (Lipinski definition) is 3. The van der Waals surface area contributed by atoms with E-state index in [-0.39, 0.29) is 23.8 Å². The van der Waals surface area contributed by atoms with Crippen LogP contribution in [0.5, 0.6) is 0 Å². The number of benzene rings is 2. The minimum absolute atomic E-state index is 0.0401. The average Bonchev–Trinajstić information content (AvgIpc) is 3.93. The number of rotatable bonds is 9. The number of hydrogen-bond acceptors (Lipinski definition) is 6. The lowest BCUT2D eigenvalue weighted by Gasteiger charge is -2.29. The number of carbonyl (C=O) groups is 2. The average molecular weight is 727 g/mol. The molecule has 3 heterocycles. The molecule has 3 aliphatic rings. The molecular weight excluding hydrogens is 699 g/mol. The van der Waals surface area contributed by atoms with E-state index in [9.17, 15) is 31.5 Å². The van der Waals surface area contributed by atoms with Gasteiger partial charge in [-0.2, -0.15) is 32.1 Å². The molecule has 0 unspecified atom stereocenters. The van der Waals surface area contributed by atoms with Gasteiger partial charge in [-0.05, 0) is 60.6 Å². The summed E-state index contributed by atoms with van der Waals surface area (Å²) >= 11 is 6.48. The van der Waals surface area contributed by atoms with Gasteiger partial charge in [0, 0.05) is 30.1 Å². The lowest BCUT2D eigenvalue weighted by molar-refractivity contribution is -0.164. The molecule has 1 aliphatic heterocycles. The van der Waals surface area contributed by atoms with E-state index >= 15 is 0 Å². The molecule has 3 fully saturated rings. The van der Waals surface area contributed by atoms with Gasteiger partial charge in [-0.25, -0.2) is 14.2 Å². The molecule has 11 nitrogen and oxygen atoms in total. The van der Waals surface area contributed by atoms with Crippen molar-refractivity contribution in [1.29, 1.82) is 5.41 Å². The maximum Gasteiger partial charge on any atom is 0.411 e. The zero-order valence-electron chi connectivity index (χ0n) is 26.4. The first-order valence-corrected chi connectivity index (χ1v) is 16.2. The van der Waals surface area contributed by atoms with E-state index in [4.69, 9.17) is 21.7 Å². The monoisotopic (exact) mass is 726 g/mol. The summed E-state index contributed by atoms with van der Waals surface area (Å²) in [6, 6.07) is 11.5. The van der Waals surface area contributed by atoms with Crippen LogP contribution in [0.2, 0.25) is 5.02 Å². The van der Waals surface area contributed by atoms with E-state index < -0.39 is 54.4 Å². The van der Waals surface area contributed by atoms with Crippen molar-refractivity contribution in [3.63, 3.8) is 0 Å². The molecule has 2 aromatic heterocycles. The smallest absolute Gasteiger partial charge is 0.411 e. The third kappa shape index (κ3) is 6.49. The van der Waals surface area contributed by atoms with Crippen LogP contribution in [0.3, 0.4) is 0 Å². The standard InChI is InChI=1S/C34H28ClF5N8O3/c35-25-9-6-22(16-26(25)46-15-1-14-42-46)27(19-51-31(50)45-32(12-13-32)34(38,39)40)48-28(49)33(44-30(48)41,11-10-20-2-3-20)24-7-4-21(5-8-24)23-17-43-47(18-23)29(36)37/h1,4-9,14-18,20,27,29H,2-3,12-13,19H2,(H2,41,44)(H,45,50)/t27-,33-/m1/s1. The molecule has 2 amide bonds. The molecule has 7 rings (SSSR count). The fourth-order valence-corrected chi connectivity index (χ4v) is 6.01. The first kappa shape index (κ1) is 34.0. The largest absolute Gasteiger partial charge is 0.447 e. The normalized spacial score (nSPS) is 20.1. The van der Waals surface area contributed by atoms with Crippen LogP contribution in [0.4, 0.5) is 26.7 Å². The Morgan fingerprint density at radius 1 is 1.14 bits per heavy atom. The number of amides is 2. The van der Waals surface area contributed by atoms with Crippen LogP contribution in [-0.4, -0.2) is 60.7 Å². The molecule has 2 saturated carbocycles. The van der Waals surface area contributed by atoms with Crippen LogP contribution in [0.25, 0.3) is 16.8 Å². The Balaban J connectivity index is 1.24. The number of aromatic nitrogens is 4. The summed E-state index contributed by atoms with van der Waals surface area (Å²) in [4.78, 5) is 28.5. The van der Waals surface area contributed by atoms with Gasteiger partial charge in [-0.3, -0.25) is 15.1 Å². The van der Waals surface area contributed by atoms with Gasteiger partial charge in [0.15, 0.2) is 0 Å². The lowest BCUT2D eigenvalue weighted by Crippen LogP contribution is -2.48. The number of nitrogens with zero attached hydrogens (tertiary/aromatic N) is 5. The Hall–Kier alpha value is -5.43. The molecular formula is C34H28ClF5N8O3. The molecule has 17 heteroatoms. The van der Waals surface area contributed by atoms with Gasteiger partial charge in [0.1, 0.15) is 12.1 Å². The molecule has 2 aromatic carbocycles. The van der Waals surface area contributed by atoms with Crippen molar-refractivity contribution < 1.29 is 36.3 Å². The number of guanidine groups is 1. The lowest BCUT2D eigenvalue weighted by atomic mass is 9.88. The molecule has 3 N–H and O–H groups in total. The predicted octanol–water partition coefficient (Wildman–Crippen LogP) is 6.32. The van der Waals surface area contributed by atoms with Crippen molar-refractivity contribution in [2.45, 2.75) is 55.5 Å². The minimum Gasteiger partial charge on any atom is -0.447 e. The molecule has 1 saturated heterocycles. The Morgan fingerprint density at radius 2 is 1.88 bits per heavy atom. The SMILES string of the molecule is N=C1N[C@](C#CC2CC2)(c2ccc(-c3cnn(C(F)F)c3)cc2)C(=O)N1[C@H](COC(=O)NC1(C(F)(F)F)CC1)c1ccc(Cl)c(-n2cccn2)c1. The number of alkyl halides is 5. The van der Waals surface area contributed by atoms with E-state index in [2.05, 4.69) is 27.4 Å². The van der Waals surface area contributed by atoms with Crippen LogP contribution in [0.1, 0.15) is 49.4 Å². The van der Waals surface area contributed by atoms with E-state index in [1.807, 2.05) is 5.32 Å². The van der Waals surface area contributed by atoms with Crippen LogP contribution in [0.15, 0.2) is 73.3 Å². The van der Waals surface area contributed by atoms with Gasteiger partial charge >= 0.3 is 18.8 Å². The highest BCUT2D eigenvalue weighted by Gasteiger charge is 2.64. The topological polar surface area (TPSA) is 130 Å². The van der Waals surface area contributed by atoms with Crippen molar-refractivity contribution >= 4 is 29.6 Å². The summed E-state index contributed by atoms with van der Waals surface area (Å²) in [6.45, 7) is -3.47. The van der Waals surface area contributed by atoms with Crippen molar-refractivity contribution in [3.05, 3.63) is 89.5 Å². The van der Waals surface area contributed by atoms with Crippen molar-refractivity contribution in [1.82, 2.24) is 35.1 Å². The van der Waals surface area contributed by atoms with Crippen LogP contribution >= 0.6 is 11.6 Å². The van der Waals surface area contributed by atoms with E-state index in [0.29, 0.717) is 32.6 Å². The molecule has 2 atom stereocenters. The third-order valence-corrected chi connectivity index (χ3v) is 9.32. The van der Waals surface area contributed by atoms with Crippen molar-refractivity contribution in [2.75, 3.05) is 6.61 Å². The molecule has 264 valence electrons. The number of alkyl carbamates (subject to hydrolysis) is 1. The summed E-state index contributed by atoms with van der Waals surface area (Å²) in [5.74, 6) is 5.06. The predicted molar refractivity (Wildman–Crippen MR) is 173 cm³/mol.